The zero-order chi connectivity index (χ0) is 32.0. The van der Waals surface area contributed by atoms with Crippen molar-refractivity contribution in [3.63, 3.8) is 0 Å². The van der Waals surface area contributed by atoms with E-state index in [0.717, 1.165) is 48.9 Å². The molecule has 0 unspecified atom stereocenters. The summed E-state index contributed by atoms with van der Waals surface area (Å²) < 4.78 is 110. The van der Waals surface area contributed by atoms with E-state index in [0.29, 0.717) is 36.0 Å². The molecule has 2 aromatic carbocycles. The van der Waals surface area contributed by atoms with Crippen LogP contribution in [0.15, 0.2) is 54.9 Å². The van der Waals surface area contributed by atoms with Crippen molar-refractivity contribution in [3.05, 3.63) is 66.0 Å². The Morgan fingerprint density at radius 2 is 1.40 bits per heavy atom. The summed E-state index contributed by atoms with van der Waals surface area (Å²) in [5.74, 6) is -2.74. The van der Waals surface area contributed by atoms with Crippen molar-refractivity contribution in [2.45, 2.75) is 88.1 Å². The molecule has 13 heteroatoms. The van der Waals surface area contributed by atoms with Crippen molar-refractivity contribution in [3.8, 4) is 11.1 Å². The Kier molecular flexibility index (Phi) is 8.15. The molecule has 2 aliphatic rings. The Morgan fingerprint density at radius 3 is 2.00 bits per heavy atom. The molecule has 0 saturated heterocycles. The first-order valence-electron chi connectivity index (χ1n) is 14.9. The smallest absolute Gasteiger partial charge is 0.382 e. The number of aromatic nitrogens is 3. The van der Waals surface area contributed by atoms with Gasteiger partial charge in [0.15, 0.2) is 0 Å². The van der Waals surface area contributed by atoms with Crippen LogP contribution < -0.4 is 10.6 Å². The lowest BCUT2D eigenvalue weighted by molar-refractivity contribution is -0.143. The molecule has 0 spiro atoms. The lowest BCUT2D eigenvalue weighted by Gasteiger charge is -2.29. The minimum absolute atomic E-state index is 0.0351. The average molecular weight is 638 g/mol. The van der Waals surface area contributed by atoms with E-state index in [4.69, 9.17) is 0 Å². The van der Waals surface area contributed by atoms with Gasteiger partial charge in [-0.25, -0.2) is 13.8 Å². The third kappa shape index (κ3) is 7.01. The molecule has 2 aromatic heterocycles. The van der Waals surface area contributed by atoms with E-state index in [-0.39, 0.29) is 36.9 Å². The van der Waals surface area contributed by atoms with Gasteiger partial charge in [-0.3, -0.25) is 0 Å². The van der Waals surface area contributed by atoms with Crippen LogP contribution in [0.4, 0.5) is 52.4 Å². The predicted molar refractivity (Wildman–Crippen MR) is 156 cm³/mol. The molecule has 2 saturated carbocycles. The summed E-state index contributed by atoms with van der Waals surface area (Å²) in [5.41, 5.74) is -0.301. The van der Waals surface area contributed by atoms with E-state index in [1.807, 2.05) is 35.0 Å². The van der Waals surface area contributed by atoms with Gasteiger partial charge in [-0.2, -0.15) is 31.3 Å². The fourth-order valence-electron chi connectivity index (χ4n) is 6.28. The van der Waals surface area contributed by atoms with Crippen LogP contribution in [0.25, 0.3) is 22.2 Å². The first kappa shape index (κ1) is 31.1. The summed E-state index contributed by atoms with van der Waals surface area (Å²) >= 11 is 0. The molecule has 0 atom stereocenters. The number of nitrogens with zero attached hydrogens (tertiary/aromatic N) is 3. The topological polar surface area (TPSA) is 54.8 Å². The van der Waals surface area contributed by atoms with Crippen LogP contribution in [0.2, 0.25) is 0 Å². The molecule has 2 aliphatic carbocycles. The normalized spacial score (nSPS) is 18.3. The van der Waals surface area contributed by atoms with E-state index in [2.05, 4.69) is 20.6 Å². The maximum absolute atomic E-state index is 13.5. The second-order valence-electron chi connectivity index (χ2n) is 11.9. The number of benzene rings is 2. The van der Waals surface area contributed by atoms with Crippen molar-refractivity contribution in [1.29, 1.82) is 0 Å². The number of halogens is 8. The van der Waals surface area contributed by atoms with Crippen LogP contribution in [0, 0.1) is 0 Å². The van der Waals surface area contributed by atoms with Crippen LogP contribution in [-0.2, 0) is 12.4 Å². The molecule has 2 heterocycles. The molecule has 0 radical (unpaired) electrons. The highest BCUT2D eigenvalue weighted by Crippen LogP contribution is 2.40. The van der Waals surface area contributed by atoms with Crippen molar-refractivity contribution in [2.75, 3.05) is 10.6 Å². The zero-order valence-electron chi connectivity index (χ0n) is 24.1. The van der Waals surface area contributed by atoms with Crippen LogP contribution in [0.5, 0.6) is 0 Å². The standard InChI is InChI=1S/C32H31F8N5/c33-30(34)12-10-23(11-13-30)42-22-8-6-19(7-9-22)27-18-45(25-4-2-1-3-5-25)28-26(27)17-41-29(44-28)43-24-15-20(31(35,36)37)14-21(16-24)32(38,39)40/h6-9,14-18,23,25,42H,1-5,10-13H2,(H,41,43,44). The summed E-state index contributed by atoms with van der Waals surface area (Å²) in [7, 11) is 0. The van der Waals surface area contributed by atoms with Gasteiger partial charge >= 0.3 is 12.4 Å². The summed E-state index contributed by atoms with van der Waals surface area (Å²) in [5, 5.41) is 6.58. The maximum atomic E-state index is 13.5. The van der Waals surface area contributed by atoms with E-state index < -0.39 is 35.1 Å². The second kappa shape index (κ2) is 11.8. The van der Waals surface area contributed by atoms with E-state index in [9.17, 15) is 35.1 Å². The number of rotatable bonds is 6. The Hall–Kier alpha value is -3.90. The summed E-state index contributed by atoms with van der Waals surface area (Å²) in [4.78, 5) is 8.85. The number of hydrogen-bond acceptors (Lipinski definition) is 4. The third-order valence-electron chi connectivity index (χ3n) is 8.67. The lowest BCUT2D eigenvalue weighted by atomic mass is 9.92. The first-order chi connectivity index (χ1) is 21.2. The molecule has 45 heavy (non-hydrogen) atoms. The maximum Gasteiger partial charge on any atom is 0.416 e. The fourth-order valence-corrected chi connectivity index (χ4v) is 6.28. The number of hydrogen-bond donors (Lipinski definition) is 2. The summed E-state index contributed by atoms with van der Waals surface area (Å²) in [6.07, 6.45) is -1.03. The largest absolute Gasteiger partial charge is 0.416 e. The molecular formula is C32H31F8N5. The number of nitrogens with one attached hydrogen (secondary N) is 2. The van der Waals surface area contributed by atoms with E-state index in [1.54, 1.807) is 0 Å². The van der Waals surface area contributed by atoms with Crippen molar-refractivity contribution < 1.29 is 35.1 Å². The molecular weight excluding hydrogens is 606 g/mol. The van der Waals surface area contributed by atoms with Gasteiger partial charge in [0.05, 0.1) is 11.1 Å². The molecule has 6 rings (SSSR count). The van der Waals surface area contributed by atoms with Gasteiger partial charge in [-0.1, -0.05) is 31.4 Å². The fraction of sp³-hybridized carbons (Fsp3) is 0.438. The van der Waals surface area contributed by atoms with Gasteiger partial charge < -0.3 is 15.2 Å². The Labute approximate surface area is 254 Å². The molecule has 0 bridgehead atoms. The van der Waals surface area contributed by atoms with Gasteiger partial charge in [0.1, 0.15) is 5.65 Å². The van der Waals surface area contributed by atoms with Crippen LogP contribution in [0.3, 0.4) is 0 Å². The average Bonchev–Trinajstić information content (AvgIpc) is 3.37. The minimum Gasteiger partial charge on any atom is -0.382 e. The Bertz CT molecular complexity index is 1610. The van der Waals surface area contributed by atoms with E-state index in [1.165, 1.54) is 6.20 Å². The van der Waals surface area contributed by atoms with Gasteiger partial charge in [-0.15, -0.1) is 0 Å². The van der Waals surface area contributed by atoms with Crippen molar-refractivity contribution in [1.82, 2.24) is 14.5 Å². The van der Waals surface area contributed by atoms with Crippen LogP contribution in [-0.4, -0.2) is 26.5 Å². The molecule has 2 fully saturated rings. The molecule has 4 aromatic rings. The number of fused-ring (bicyclic) bond motifs is 1. The van der Waals surface area contributed by atoms with Crippen molar-refractivity contribution >= 4 is 28.4 Å². The molecule has 0 amide bonds. The highest BCUT2D eigenvalue weighted by Gasteiger charge is 2.37. The number of alkyl halides is 8. The lowest BCUT2D eigenvalue weighted by Crippen LogP contribution is -2.31. The zero-order valence-corrected chi connectivity index (χ0v) is 24.1. The van der Waals surface area contributed by atoms with Gasteiger partial charge in [0, 0.05) is 59.6 Å². The van der Waals surface area contributed by atoms with Gasteiger partial charge in [0.25, 0.3) is 0 Å². The summed E-state index contributed by atoms with van der Waals surface area (Å²) in [6.45, 7) is 0. The number of anilines is 3. The molecule has 0 aliphatic heterocycles. The first-order valence-corrected chi connectivity index (χ1v) is 14.9. The SMILES string of the molecule is FC1(F)CCC(Nc2ccc(-c3cn(C4CCCCC4)c4nc(Nc5cc(C(F)(F)F)cc(C(F)(F)F)c5)ncc34)cc2)CC1. The van der Waals surface area contributed by atoms with Crippen LogP contribution >= 0.6 is 0 Å². The molecule has 2 N–H and O–H groups in total. The minimum atomic E-state index is -4.98. The monoisotopic (exact) mass is 637 g/mol. The highest BCUT2D eigenvalue weighted by molar-refractivity contribution is 5.94. The molecule has 240 valence electrons. The van der Waals surface area contributed by atoms with Gasteiger partial charge in [0.2, 0.25) is 11.9 Å². The Balaban J connectivity index is 1.32. The van der Waals surface area contributed by atoms with Gasteiger partial charge in [-0.05, 0) is 61.6 Å². The quantitative estimate of drug-likeness (QED) is 0.207. The van der Waals surface area contributed by atoms with Crippen LogP contribution in [0.1, 0.15) is 75.0 Å². The van der Waals surface area contributed by atoms with E-state index >= 15 is 0 Å². The molecule has 5 nitrogen and oxygen atoms in total. The Morgan fingerprint density at radius 1 is 0.778 bits per heavy atom. The summed E-state index contributed by atoms with van der Waals surface area (Å²) in [6, 6.07) is 8.94. The highest BCUT2D eigenvalue weighted by atomic mass is 19.4. The second-order valence-corrected chi connectivity index (χ2v) is 11.9. The predicted octanol–water partition coefficient (Wildman–Crippen LogP) is 10.4. The van der Waals surface area contributed by atoms with Crippen molar-refractivity contribution in [2.24, 2.45) is 0 Å². The third-order valence-corrected chi connectivity index (χ3v) is 8.67.